The Morgan fingerprint density at radius 1 is 0.933 bits per heavy atom. The van der Waals surface area contributed by atoms with Crippen molar-refractivity contribution >= 4 is 29.0 Å². The predicted octanol–water partition coefficient (Wildman–Crippen LogP) is 4.09. The van der Waals surface area contributed by atoms with E-state index in [-0.39, 0.29) is 5.91 Å². The lowest BCUT2D eigenvalue weighted by Gasteiger charge is -2.27. The number of carbonyl (C=O) groups is 1. The third kappa shape index (κ3) is 4.64. The molecule has 2 aliphatic heterocycles. The summed E-state index contributed by atoms with van der Waals surface area (Å²) in [7, 11) is 1.68. The number of hydrogen-bond acceptors (Lipinski definition) is 5. The van der Waals surface area contributed by atoms with Crippen LogP contribution in [0.25, 0.3) is 0 Å². The van der Waals surface area contributed by atoms with E-state index in [1.165, 1.54) is 12.1 Å². The van der Waals surface area contributed by atoms with Gasteiger partial charge in [0.15, 0.2) is 0 Å². The Labute approximate surface area is 183 Å². The minimum Gasteiger partial charge on any atom is -0.497 e. The van der Waals surface area contributed by atoms with Crippen LogP contribution in [0.2, 0.25) is 5.02 Å². The molecule has 2 aliphatic rings. The Hall–Kier alpha value is -2.47. The van der Waals surface area contributed by atoms with E-state index >= 15 is 0 Å². The average molecular weight is 429 g/mol. The molecule has 1 amide bonds. The predicted molar refractivity (Wildman–Crippen MR) is 121 cm³/mol. The molecule has 0 radical (unpaired) electrons. The normalized spacial score (nSPS) is 17.6. The standard InChI is InChI=1S/C23H29ClN4O2/c1-30-20-8-6-19(7-9-20)26-12-5-13-27(15-14-26)22-21(24)16-18(17-25-22)23(29)28-10-3-2-4-11-28/h6-9,16-17H,2-5,10-15H2,1H3. The number of ether oxygens (including phenoxy) is 1. The van der Waals surface area contributed by atoms with Gasteiger partial charge in [0, 0.05) is 51.2 Å². The van der Waals surface area contributed by atoms with E-state index in [4.69, 9.17) is 16.3 Å². The summed E-state index contributed by atoms with van der Waals surface area (Å²) < 4.78 is 5.26. The van der Waals surface area contributed by atoms with E-state index in [1.807, 2.05) is 17.0 Å². The Morgan fingerprint density at radius 2 is 1.63 bits per heavy atom. The van der Waals surface area contributed by atoms with Gasteiger partial charge in [-0.2, -0.15) is 0 Å². The SMILES string of the molecule is COc1ccc(N2CCCN(c3ncc(C(=O)N4CCCCC4)cc3Cl)CC2)cc1. The summed E-state index contributed by atoms with van der Waals surface area (Å²) in [5, 5.41) is 0.552. The van der Waals surface area contributed by atoms with Crippen molar-refractivity contribution in [1.29, 1.82) is 0 Å². The number of methoxy groups -OCH3 is 1. The first-order valence-electron chi connectivity index (χ1n) is 10.7. The molecule has 7 heteroatoms. The molecule has 0 aliphatic carbocycles. The number of rotatable bonds is 4. The van der Waals surface area contributed by atoms with Gasteiger partial charge in [-0.05, 0) is 56.0 Å². The lowest BCUT2D eigenvalue weighted by Crippen LogP contribution is -2.35. The molecule has 0 N–H and O–H groups in total. The number of benzene rings is 1. The number of likely N-dealkylation sites (tertiary alicyclic amines) is 1. The molecule has 0 saturated carbocycles. The van der Waals surface area contributed by atoms with Crippen LogP contribution in [0.3, 0.4) is 0 Å². The maximum Gasteiger partial charge on any atom is 0.255 e. The fourth-order valence-electron chi connectivity index (χ4n) is 4.24. The molecule has 1 aromatic carbocycles. The van der Waals surface area contributed by atoms with Crippen molar-refractivity contribution in [2.45, 2.75) is 25.7 Å². The van der Waals surface area contributed by atoms with Gasteiger partial charge in [-0.15, -0.1) is 0 Å². The number of pyridine rings is 1. The van der Waals surface area contributed by atoms with E-state index in [1.54, 1.807) is 19.4 Å². The van der Waals surface area contributed by atoms with Gasteiger partial charge < -0.3 is 19.4 Å². The number of aromatic nitrogens is 1. The second-order valence-electron chi connectivity index (χ2n) is 7.91. The molecule has 0 spiro atoms. The Bertz CT molecular complexity index is 868. The maximum absolute atomic E-state index is 12.7. The van der Waals surface area contributed by atoms with Crippen molar-refractivity contribution in [2.75, 3.05) is 56.2 Å². The topological polar surface area (TPSA) is 48.9 Å². The third-order valence-electron chi connectivity index (χ3n) is 5.94. The Morgan fingerprint density at radius 3 is 2.33 bits per heavy atom. The van der Waals surface area contributed by atoms with Crippen LogP contribution >= 0.6 is 11.6 Å². The van der Waals surface area contributed by atoms with Crippen LogP contribution in [0.1, 0.15) is 36.0 Å². The summed E-state index contributed by atoms with van der Waals surface area (Å²) in [6, 6.07) is 9.97. The summed E-state index contributed by atoms with van der Waals surface area (Å²) >= 11 is 6.58. The van der Waals surface area contributed by atoms with Crippen molar-refractivity contribution in [1.82, 2.24) is 9.88 Å². The van der Waals surface area contributed by atoms with E-state index < -0.39 is 0 Å². The van der Waals surface area contributed by atoms with Crippen LogP contribution in [-0.4, -0.2) is 62.2 Å². The lowest BCUT2D eigenvalue weighted by molar-refractivity contribution is 0.0724. The first-order valence-corrected chi connectivity index (χ1v) is 11.1. The molecule has 2 saturated heterocycles. The quantitative estimate of drug-likeness (QED) is 0.734. The Kier molecular flexibility index (Phi) is 6.62. The molecular formula is C23H29ClN4O2. The summed E-state index contributed by atoms with van der Waals surface area (Å²) in [6.07, 6.45) is 6.04. The van der Waals surface area contributed by atoms with Gasteiger partial charge in [-0.25, -0.2) is 4.98 Å². The van der Waals surface area contributed by atoms with Crippen molar-refractivity contribution in [3.63, 3.8) is 0 Å². The van der Waals surface area contributed by atoms with Gasteiger partial charge in [0.05, 0.1) is 17.7 Å². The number of nitrogens with zero attached hydrogens (tertiary/aromatic N) is 4. The second-order valence-corrected chi connectivity index (χ2v) is 8.32. The highest BCUT2D eigenvalue weighted by Crippen LogP contribution is 2.27. The highest BCUT2D eigenvalue weighted by molar-refractivity contribution is 6.33. The van der Waals surface area contributed by atoms with Gasteiger partial charge in [0.1, 0.15) is 11.6 Å². The summed E-state index contributed by atoms with van der Waals surface area (Å²) in [6.45, 7) is 5.23. The van der Waals surface area contributed by atoms with Gasteiger partial charge >= 0.3 is 0 Å². The fraction of sp³-hybridized carbons (Fsp3) is 0.478. The maximum atomic E-state index is 12.7. The number of hydrogen-bond donors (Lipinski definition) is 0. The van der Waals surface area contributed by atoms with Crippen molar-refractivity contribution < 1.29 is 9.53 Å². The van der Waals surface area contributed by atoms with Gasteiger partial charge in [0.25, 0.3) is 5.91 Å². The van der Waals surface area contributed by atoms with Crippen molar-refractivity contribution in [3.8, 4) is 5.75 Å². The number of halogens is 1. The monoisotopic (exact) mass is 428 g/mol. The molecule has 3 heterocycles. The van der Waals surface area contributed by atoms with E-state index in [2.05, 4.69) is 26.9 Å². The molecule has 0 bridgehead atoms. The van der Waals surface area contributed by atoms with Crippen molar-refractivity contribution in [2.24, 2.45) is 0 Å². The van der Waals surface area contributed by atoms with Crippen LogP contribution in [0.15, 0.2) is 36.5 Å². The smallest absolute Gasteiger partial charge is 0.255 e. The van der Waals surface area contributed by atoms with Gasteiger partial charge in [-0.3, -0.25) is 4.79 Å². The molecule has 1 aromatic heterocycles. The molecule has 4 rings (SSSR count). The summed E-state index contributed by atoms with van der Waals surface area (Å²) in [4.78, 5) is 23.8. The zero-order chi connectivity index (χ0) is 20.9. The van der Waals surface area contributed by atoms with Gasteiger partial charge in [-0.1, -0.05) is 11.6 Å². The average Bonchev–Trinajstić information content (AvgIpc) is 3.05. The molecule has 0 unspecified atom stereocenters. The molecule has 0 atom stereocenters. The highest BCUT2D eigenvalue weighted by Gasteiger charge is 2.22. The molecule has 6 nitrogen and oxygen atoms in total. The van der Waals surface area contributed by atoms with Crippen LogP contribution in [0.5, 0.6) is 5.75 Å². The van der Waals surface area contributed by atoms with Crippen LogP contribution in [-0.2, 0) is 0 Å². The summed E-state index contributed by atoms with van der Waals surface area (Å²) in [5.74, 6) is 1.67. The van der Waals surface area contributed by atoms with Crippen LogP contribution in [0, 0.1) is 0 Å². The largest absolute Gasteiger partial charge is 0.497 e. The van der Waals surface area contributed by atoms with Crippen molar-refractivity contribution in [3.05, 3.63) is 47.1 Å². The minimum absolute atomic E-state index is 0.0391. The first kappa shape index (κ1) is 20.8. The van der Waals surface area contributed by atoms with Crippen LogP contribution < -0.4 is 14.5 Å². The van der Waals surface area contributed by atoms with E-state index in [0.717, 1.165) is 70.1 Å². The Balaban J connectivity index is 1.43. The number of piperidine rings is 1. The first-order chi connectivity index (χ1) is 14.7. The molecule has 2 aromatic rings. The number of anilines is 2. The second kappa shape index (κ2) is 9.56. The minimum atomic E-state index is 0.0391. The molecule has 160 valence electrons. The molecule has 2 fully saturated rings. The van der Waals surface area contributed by atoms with E-state index in [9.17, 15) is 4.79 Å². The van der Waals surface area contributed by atoms with E-state index in [0.29, 0.717) is 10.6 Å². The lowest BCUT2D eigenvalue weighted by atomic mass is 10.1. The van der Waals surface area contributed by atoms with Gasteiger partial charge in [0.2, 0.25) is 0 Å². The zero-order valence-corrected chi connectivity index (χ0v) is 18.3. The molecular weight excluding hydrogens is 400 g/mol. The highest BCUT2D eigenvalue weighted by atomic mass is 35.5. The zero-order valence-electron chi connectivity index (χ0n) is 17.5. The summed E-state index contributed by atoms with van der Waals surface area (Å²) in [5.41, 5.74) is 1.78. The third-order valence-corrected chi connectivity index (χ3v) is 6.22. The molecule has 30 heavy (non-hydrogen) atoms. The number of amides is 1. The fourth-order valence-corrected chi connectivity index (χ4v) is 4.53. The number of carbonyl (C=O) groups excluding carboxylic acids is 1. The van der Waals surface area contributed by atoms with Crippen LogP contribution in [0.4, 0.5) is 11.5 Å².